The van der Waals surface area contributed by atoms with Gasteiger partial charge < -0.3 is 11.1 Å². The molecule has 0 saturated heterocycles. The largest absolute Gasteiger partial charge is 0.401 e. The molecule has 0 atom stereocenters. The Kier molecular flexibility index (Phi) is 5.90. The number of benzene rings is 2. The average molecular weight is 418 g/mol. The molecule has 8 heteroatoms. The minimum atomic E-state index is -0.423. The molecular weight excluding hydrogens is 395 g/mol. The highest BCUT2D eigenvalue weighted by Gasteiger charge is 2.23. The smallest absolute Gasteiger partial charge is 0.346 e. The molecule has 4 rings (SSSR count). The lowest BCUT2D eigenvalue weighted by Crippen LogP contribution is -2.18. The molecule has 0 saturated carbocycles. The molecule has 31 heavy (non-hydrogen) atoms. The monoisotopic (exact) mass is 418 g/mol. The molecule has 1 aliphatic rings. The van der Waals surface area contributed by atoms with Gasteiger partial charge in [-0.3, -0.25) is 14.9 Å². The molecular formula is C23H23FN6O. The van der Waals surface area contributed by atoms with E-state index in [0.29, 0.717) is 42.4 Å². The molecule has 2 heterocycles. The minimum absolute atomic E-state index is 0.326. The summed E-state index contributed by atoms with van der Waals surface area (Å²) in [5.41, 5.74) is 10.1. The van der Waals surface area contributed by atoms with Crippen molar-refractivity contribution in [2.24, 2.45) is 10.7 Å². The van der Waals surface area contributed by atoms with E-state index in [2.05, 4.69) is 20.2 Å². The predicted octanol–water partition coefficient (Wildman–Crippen LogP) is 2.80. The summed E-state index contributed by atoms with van der Waals surface area (Å²) in [4.78, 5) is 24.5. The van der Waals surface area contributed by atoms with E-state index >= 15 is 0 Å². The number of anilines is 2. The second-order valence-corrected chi connectivity index (χ2v) is 7.43. The Bertz CT molecular complexity index is 1220. The van der Waals surface area contributed by atoms with Crippen molar-refractivity contribution in [3.8, 4) is 0 Å². The number of likely N-dealkylation sites (N-methyl/N-ethyl adjacent to an activating group) is 1. The maximum absolute atomic E-state index is 14.6. The van der Waals surface area contributed by atoms with Gasteiger partial charge in [0.2, 0.25) is 0 Å². The van der Waals surface area contributed by atoms with E-state index < -0.39 is 5.69 Å². The van der Waals surface area contributed by atoms with Gasteiger partial charge in [0.05, 0.1) is 12.3 Å². The van der Waals surface area contributed by atoms with Crippen LogP contribution in [-0.2, 0) is 6.54 Å². The first-order chi connectivity index (χ1) is 15.0. The van der Waals surface area contributed by atoms with Crippen LogP contribution in [-0.4, -0.2) is 40.7 Å². The normalized spacial score (nSPS) is 14.8. The number of hydrogen-bond acceptors (Lipinski definition) is 6. The van der Waals surface area contributed by atoms with E-state index in [1.807, 2.05) is 31.3 Å². The summed E-state index contributed by atoms with van der Waals surface area (Å²) >= 11 is 0. The molecule has 0 radical (unpaired) electrons. The zero-order valence-electron chi connectivity index (χ0n) is 17.1. The Labute approximate surface area is 179 Å². The van der Waals surface area contributed by atoms with Gasteiger partial charge in [-0.2, -0.15) is 0 Å². The molecule has 0 aliphatic carbocycles. The highest BCUT2D eigenvalue weighted by Crippen LogP contribution is 2.22. The van der Waals surface area contributed by atoms with Crippen LogP contribution >= 0.6 is 0 Å². The molecule has 3 aromatic rings. The quantitative estimate of drug-likeness (QED) is 0.535. The molecule has 0 spiro atoms. The van der Waals surface area contributed by atoms with Gasteiger partial charge in [0.25, 0.3) is 0 Å². The van der Waals surface area contributed by atoms with Crippen LogP contribution in [0.3, 0.4) is 0 Å². The topological polar surface area (TPSA) is 99.4 Å². The Balaban J connectivity index is 1.63. The van der Waals surface area contributed by atoms with Crippen LogP contribution in [0.15, 0.2) is 81.9 Å². The lowest BCUT2D eigenvalue weighted by Gasteiger charge is -2.12. The van der Waals surface area contributed by atoms with Gasteiger partial charge >= 0.3 is 5.69 Å². The standard InChI is InChI=1S/C23H23FN6O/c1-30-13-18(20(25)14-30)22(17-7-2-3-8-19(17)24)27-12-15-5-4-6-16(11-15)28-21-9-10-26-23(31)29-21/h2-11H,12-14,25H2,1H3,(H2,26,28,29,31). The molecule has 0 amide bonds. The van der Waals surface area contributed by atoms with Gasteiger partial charge in [-0.25, -0.2) is 14.2 Å². The third-order valence-electron chi connectivity index (χ3n) is 4.97. The van der Waals surface area contributed by atoms with Crippen molar-refractivity contribution in [2.75, 3.05) is 25.5 Å². The van der Waals surface area contributed by atoms with Crippen LogP contribution < -0.4 is 16.7 Å². The SMILES string of the molecule is CN1CC(N)=C(C(=NCc2cccc(Nc3ccnc(=O)[nH]3)c2)c2ccccc2F)C1. The van der Waals surface area contributed by atoms with Crippen molar-refractivity contribution in [1.82, 2.24) is 14.9 Å². The lowest BCUT2D eigenvalue weighted by molar-refractivity contribution is 0.426. The van der Waals surface area contributed by atoms with Crippen LogP contribution in [0, 0.1) is 5.82 Å². The Morgan fingerprint density at radius 1 is 1.23 bits per heavy atom. The van der Waals surface area contributed by atoms with E-state index in [-0.39, 0.29) is 5.82 Å². The second kappa shape index (κ2) is 8.93. The van der Waals surface area contributed by atoms with Gasteiger partial charge in [-0.1, -0.05) is 24.3 Å². The fourth-order valence-corrected chi connectivity index (χ4v) is 3.55. The summed E-state index contributed by atoms with van der Waals surface area (Å²) in [5.74, 6) is 0.216. The molecule has 0 fully saturated rings. The van der Waals surface area contributed by atoms with Crippen molar-refractivity contribution >= 4 is 17.2 Å². The average Bonchev–Trinajstić information content (AvgIpc) is 3.07. The summed E-state index contributed by atoms with van der Waals surface area (Å²) in [6.07, 6.45) is 1.44. The number of hydrogen-bond donors (Lipinski definition) is 3. The van der Waals surface area contributed by atoms with Crippen molar-refractivity contribution in [2.45, 2.75) is 6.54 Å². The second-order valence-electron chi connectivity index (χ2n) is 7.43. The fourth-order valence-electron chi connectivity index (χ4n) is 3.55. The van der Waals surface area contributed by atoms with Crippen molar-refractivity contribution in [3.63, 3.8) is 0 Å². The van der Waals surface area contributed by atoms with Crippen LogP contribution in [0.25, 0.3) is 0 Å². The van der Waals surface area contributed by atoms with Crippen LogP contribution in [0.1, 0.15) is 11.1 Å². The van der Waals surface area contributed by atoms with Crippen LogP contribution in [0.2, 0.25) is 0 Å². The predicted molar refractivity (Wildman–Crippen MR) is 120 cm³/mol. The molecule has 1 aromatic heterocycles. The maximum atomic E-state index is 14.6. The first-order valence-corrected chi connectivity index (χ1v) is 9.86. The zero-order chi connectivity index (χ0) is 21.8. The summed E-state index contributed by atoms with van der Waals surface area (Å²) in [5, 5.41) is 3.14. The molecule has 158 valence electrons. The Morgan fingerprint density at radius 2 is 2.06 bits per heavy atom. The highest BCUT2D eigenvalue weighted by atomic mass is 19.1. The number of aromatic amines is 1. The molecule has 7 nitrogen and oxygen atoms in total. The van der Waals surface area contributed by atoms with Gasteiger partial charge in [-0.05, 0) is 42.9 Å². The molecule has 0 bridgehead atoms. The lowest BCUT2D eigenvalue weighted by atomic mass is 10.0. The highest BCUT2D eigenvalue weighted by molar-refractivity contribution is 6.13. The summed E-state index contributed by atoms with van der Waals surface area (Å²) in [7, 11) is 1.97. The van der Waals surface area contributed by atoms with E-state index in [1.165, 1.54) is 12.3 Å². The zero-order valence-corrected chi connectivity index (χ0v) is 17.1. The van der Waals surface area contributed by atoms with Gasteiger partial charge in [0, 0.05) is 41.8 Å². The number of rotatable bonds is 6. The Morgan fingerprint density at radius 3 is 2.81 bits per heavy atom. The molecule has 1 aliphatic heterocycles. The summed E-state index contributed by atoms with van der Waals surface area (Å²) in [6.45, 7) is 1.61. The van der Waals surface area contributed by atoms with Gasteiger partial charge in [-0.15, -0.1) is 0 Å². The third kappa shape index (κ3) is 4.87. The maximum Gasteiger partial charge on any atom is 0.346 e. The van der Waals surface area contributed by atoms with Crippen molar-refractivity contribution in [1.29, 1.82) is 0 Å². The minimum Gasteiger partial charge on any atom is -0.401 e. The fraction of sp³-hybridized carbons (Fsp3) is 0.174. The van der Waals surface area contributed by atoms with E-state index in [4.69, 9.17) is 10.7 Å². The number of nitrogens with two attached hydrogens (primary N) is 1. The number of nitrogens with zero attached hydrogens (tertiary/aromatic N) is 3. The van der Waals surface area contributed by atoms with Crippen molar-refractivity contribution < 1.29 is 4.39 Å². The van der Waals surface area contributed by atoms with Gasteiger partial charge in [0.15, 0.2) is 0 Å². The summed E-state index contributed by atoms with van der Waals surface area (Å²) < 4.78 is 14.6. The molecule has 0 unspecified atom stereocenters. The van der Waals surface area contributed by atoms with Crippen LogP contribution in [0.5, 0.6) is 0 Å². The summed E-state index contributed by atoms with van der Waals surface area (Å²) in [6, 6.07) is 15.9. The van der Waals surface area contributed by atoms with E-state index in [0.717, 1.165) is 16.8 Å². The first-order valence-electron chi connectivity index (χ1n) is 9.86. The first kappa shape index (κ1) is 20.5. The van der Waals surface area contributed by atoms with Gasteiger partial charge in [0.1, 0.15) is 11.6 Å². The number of nitrogens with one attached hydrogen (secondary N) is 2. The van der Waals surface area contributed by atoms with Crippen LogP contribution in [0.4, 0.5) is 15.9 Å². The van der Waals surface area contributed by atoms with E-state index in [9.17, 15) is 9.18 Å². The number of H-pyrrole nitrogens is 1. The molecule has 2 aromatic carbocycles. The number of halogens is 1. The van der Waals surface area contributed by atoms with Crippen molar-refractivity contribution in [3.05, 3.63) is 99.5 Å². The Hall–Kier alpha value is -3.78. The third-order valence-corrected chi connectivity index (χ3v) is 4.97. The molecule has 4 N–H and O–H groups in total. The number of aromatic nitrogens is 2. The van der Waals surface area contributed by atoms with E-state index in [1.54, 1.807) is 24.3 Å². The number of aliphatic imine (C=N–C) groups is 1.